The van der Waals surface area contributed by atoms with Crippen molar-refractivity contribution in [2.24, 2.45) is 5.92 Å². The van der Waals surface area contributed by atoms with Gasteiger partial charge in [0.15, 0.2) is 0 Å². The minimum atomic E-state index is -0.282. The molecule has 3 heterocycles. The molecule has 178 valence electrons. The predicted octanol–water partition coefficient (Wildman–Crippen LogP) is 5.36. The Labute approximate surface area is 204 Å². The lowest BCUT2D eigenvalue weighted by Gasteiger charge is -2.28. The van der Waals surface area contributed by atoms with Crippen LogP contribution in [0.4, 0.5) is 10.2 Å². The lowest BCUT2D eigenvalue weighted by molar-refractivity contribution is -0.118. The molecule has 2 aromatic heterocycles. The van der Waals surface area contributed by atoms with Crippen LogP contribution in [0, 0.1) is 11.7 Å². The van der Waals surface area contributed by atoms with Crippen LogP contribution in [0.1, 0.15) is 25.1 Å². The Morgan fingerprint density at radius 3 is 2.54 bits per heavy atom. The van der Waals surface area contributed by atoms with Crippen LogP contribution in [0.25, 0.3) is 22.4 Å². The van der Waals surface area contributed by atoms with Gasteiger partial charge in [0.1, 0.15) is 17.3 Å². The molecule has 0 spiro atoms. The van der Waals surface area contributed by atoms with Crippen LogP contribution in [0.15, 0.2) is 72.9 Å². The Balaban J connectivity index is 1.56. The van der Waals surface area contributed by atoms with Crippen molar-refractivity contribution in [3.8, 4) is 22.4 Å². The van der Waals surface area contributed by atoms with Crippen LogP contribution in [-0.2, 0) is 24.4 Å². The molecule has 4 aromatic rings. The molecule has 0 unspecified atom stereocenters. The average Bonchev–Trinajstić information content (AvgIpc) is 3.24. The number of carbonyl (C=O) groups excluding carboxylic acids is 1. The topological polar surface area (TPSA) is 63.1 Å². The van der Waals surface area contributed by atoms with Gasteiger partial charge in [-0.3, -0.25) is 14.4 Å². The molecule has 0 radical (unpaired) electrons. The van der Waals surface area contributed by atoms with Gasteiger partial charge in [-0.25, -0.2) is 9.37 Å². The summed E-state index contributed by atoms with van der Waals surface area (Å²) in [5.41, 5.74) is 5.91. The van der Waals surface area contributed by atoms with E-state index in [9.17, 15) is 9.18 Å². The summed E-state index contributed by atoms with van der Waals surface area (Å²) in [5.74, 6) is -0.00998. The third-order valence-corrected chi connectivity index (χ3v) is 6.25. The third-order valence-electron chi connectivity index (χ3n) is 6.25. The van der Waals surface area contributed by atoms with E-state index >= 15 is 0 Å². The number of anilines is 1. The number of nitrogens with zero attached hydrogens (tertiary/aromatic N) is 4. The minimum Gasteiger partial charge on any atom is -0.310 e. The number of nitrogens with one attached hydrogen (secondary N) is 1. The van der Waals surface area contributed by atoms with E-state index in [4.69, 9.17) is 5.10 Å². The van der Waals surface area contributed by atoms with Gasteiger partial charge in [-0.15, -0.1) is 0 Å². The number of rotatable bonds is 6. The van der Waals surface area contributed by atoms with E-state index in [1.54, 1.807) is 18.3 Å². The van der Waals surface area contributed by atoms with Gasteiger partial charge in [-0.05, 0) is 47.5 Å². The van der Waals surface area contributed by atoms with Crippen LogP contribution >= 0.6 is 0 Å². The minimum absolute atomic E-state index is 0.0838. The number of hydrogen-bond donors (Lipinski definition) is 1. The second-order valence-corrected chi connectivity index (χ2v) is 9.17. The summed E-state index contributed by atoms with van der Waals surface area (Å²) < 4.78 is 15.7. The second kappa shape index (κ2) is 9.80. The van der Waals surface area contributed by atoms with Crippen molar-refractivity contribution in [3.63, 3.8) is 0 Å². The number of hydrogen-bond acceptors (Lipinski definition) is 4. The molecule has 1 aliphatic rings. The molecule has 0 fully saturated rings. The highest BCUT2D eigenvalue weighted by atomic mass is 19.1. The van der Waals surface area contributed by atoms with E-state index in [1.165, 1.54) is 17.7 Å². The Bertz CT molecular complexity index is 1330. The first kappa shape index (κ1) is 22.9. The van der Waals surface area contributed by atoms with Crippen molar-refractivity contribution < 1.29 is 9.18 Å². The molecule has 2 aromatic carbocycles. The maximum atomic E-state index is 13.7. The Kier molecular flexibility index (Phi) is 6.42. The van der Waals surface area contributed by atoms with Gasteiger partial charge < -0.3 is 5.32 Å². The number of amides is 1. The number of aromatic nitrogens is 3. The van der Waals surface area contributed by atoms with E-state index < -0.39 is 0 Å². The van der Waals surface area contributed by atoms with E-state index in [0.29, 0.717) is 5.82 Å². The zero-order valence-corrected chi connectivity index (χ0v) is 19.9. The predicted molar refractivity (Wildman–Crippen MR) is 135 cm³/mol. The molecule has 6 nitrogen and oxygen atoms in total. The van der Waals surface area contributed by atoms with Crippen molar-refractivity contribution in [1.82, 2.24) is 19.7 Å². The number of pyridine rings is 1. The maximum Gasteiger partial charge on any atom is 0.228 e. The fourth-order valence-electron chi connectivity index (χ4n) is 4.38. The SMILES string of the molecule is CC(C)C(=O)Nc1cc(-c2c(-c3ccc(F)cc3)nn3c2CN(Cc2ccccc2)CC3)ccn1. The summed E-state index contributed by atoms with van der Waals surface area (Å²) in [6.07, 6.45) is 1.70. The molecule has 0 atom stereocenters. The summed E-state index contributed by atoms with van der Waals surface area (Å²) in [7, 11) is 0. The summed E-state index contributed by atoms with van der Waals surface area (Å²) in [5, 5.41) is 7.84. The van der Waals surface area contributed by atoms with Gasteiger partial charge in [0, 0.05) is 42.9 Å². The lowest BCUT2D eigenvalue weighted by atomic mass is 9.98. The fraction of sp³-hybridized carbons (Fsp3) is 0.250. The fourth-order valence-corrected chi connectivity index (χ4v) is 4.38. The highest BCUT2D eigenvalue weighted by molar-refractivity contribution is 5.92. The molecule has 5 rings (SSSR count). The van der Waals surface area contributed by atoms with Crippen molar-refractivity contribution in [1.29, 1.82) is 0 Å². The first-order valence-electron chi connectivity index (χ1n) is 11.9. The quantitative estimate of drug-likeness (QED) is 0.413. The Morgan fingerprint density at radius 1 is 1.03 bits per heavy atom. The highest BCUT2D eigenvalue weighted by Crippen LogP contribution is 2.37. The van der Waals surface area contributed by atoms with Gasteiger partial charge in [0.2, 0.25) is 5.91 Å². The molecular formula is C28H28FN5O. The first-order chi connectivity index (χ1) is 17.0. The van der Waals surface area contributed by atoms with E-state index in [1.807, 2.05) is 32.0 Å². The summed E-state index contributed by atoms with van der Waals surface area (Å²) >= 11 is 0. The highest BCUT2D eigenvalue weighted by Gasteiger charge is 2.26. The number of halogens is 1. The summed E-state index contributed by atoms with van der Waals surface area (Å²) in [6.45, 7) is 6.93. The first-order valence-corrected chi connectivity index (χ1v) is 11.9. The van der Waals surface area contributed by atoms with Gasteiger partial charge in [-0.2, -0.15) is 5.10 Å². The molecule has 7 heteroatoms. The molecule has 0 saturated heterocycles. The zero-order valence-electron chi connectivity index (χ0n) is 19.9. The molecule has 35 heavy (non-hydrogen) atoms. The van der Waals surface area contributed by atoms with E-state index in [2.05, 4.69) is 44.1 Å². The van der Waals surface area contributed by atoms with Crippen molar-refractivity contribution in [2.45, 2.75) is 33.5 Å². The van der Waals surface area contributed by atoms with Crippen LogP contribution in [0.3, 0.4) is 0 Å². The molecule has 0 saturated carbocycles. The maximum absolute atomic E-state index is 13.7. The number of benzene rings is 2. The zero-order chi connectivity index (χ0) is 24.4. The summed E-state index contributed by atoms with van der Waals surface area (Å²) in [6, 6.07) is 20.7. The molecule has 1 aliphatic heterocycles. The van der Waals surface area contributed by atoms with Crippen LogP contribution in [0.5, 0.6) is 0 Å². The largest absolute Gasteiger partial charge is 0.310 e. The molecule has 1 amide bonds. The third kappa shape index (κ3) is 5.00. The lowest BCUT2D eigenvalue weighted by Crippen LogP contribution is -2.33. The monoisotopic (exact) mass is 469 g/mol. The van der Waals surface area contributed by atoms with E-state index in [-0.39, 0.29) is 17.6 Å². The standard InChI is InChI=1S/C28H28FN5O/c1-19(2)28(35)31-25-16-22(12-13-30-25)26-24-18-33(17-20-6-4-3-5-7-20)14-15-34(24)32-27(26)21-8-10-23(29)11-9-21/h3-13,16,19H,14-15,17-18H2,1-2H3,(H,30,31,35). The van der Waals surface area contributed by atoms with Gasteiger partial charge >= 0.3 is 0 Å². The van der Waals surface area contributed by atoms with Gasteiger partial charge in [0.25, 0.3) is 0 Å². The second-order valence-electron chi connectivity index (χ2n) is 9.17. The molecule has 0 bridgehead atoms. The average molecular weight is 470 g/mol. The Hall–Kier alpha value is -3.84. The molecular weight excluding hydrogens is 441 g/mol. The van der Waals surface area contributed by atoms with Crippen molar-refractivity contribution >= 4 is 11.7 Å². The van der Waals surface area contributed by atoms with Crippen LogP contribution in [-0.4, -0.2) is 32.1 Å². The van der Waals surface area contributed by atoms with Crippen molar-refractivity contribution in [3.05, 3.63) is 90.0 Å². The smallest absolute Gasteiger partial charge is 0.228 e. The Morgan fingerprint density at radius 2 is 1.80 bits per heavy atom. The van der Waals surface area contributed by atoms with Gasteiger partial charge in [-0.1, -0.05) is 44.2 Å². The summed E-state index contributed by atoms with van der Waals surface area (Å²) in [4.78, 5) is 19.0. The number of carbonyl (C=O) groups is 1. The van der Waals surface area contributed by atoms with E-state index in [0.717, 1.165) is 54.3 Å². The normalized spacial score (nSPS) is 13.6. The van der Waals surface area contributed by atoms with Crippen LogP contribution in [0.2, 0.25) is 0 Å². The van der Waals surface area contributed by atoms with Gasteiger partial charge in [0.05, 0.1) is 12.2 Å². The molecule has 0 aliphatic carbocycles. The van der Waals surface area contributed by atoms with Crippen molar-refractivity contribution in [2.75, 3.05) is 11.9 Å². The molecule has 1 N–H and O–H groups in total. The van der Waals surface area contributed by atoms with Crippen LogP contribution < -0.4 is 5.32 Å². The number of fused-ring (bicyclic) bond motifs is 1.